The standard InChI is InChI=1S/2C6H10N2O.C4H10/c1-8-4-6(3-7-8)5-9-2;1-8-4-3-6(7-8)5-9-2;1-3-4-2/h2*3-4H,5H2,1-2H3;3-4H2,1-2H3. The molecule has 0 aromatic carbocycles. The number of methoxy groups -OCH3 is 2. The second-order valence-electron chi connectivity index (χ2n) is 4.87. The predicted octanol–water partition coefficient (Wildman–Crippen LogP) is 2.94. The Morgan fingerprint density at radius 3 is 2.00 bits per heavy atom. The summed E-state index contributed by atoms with van der Waals surface area (Å²) in [5, 5.41) is 8.06. The van der Waals surface area contributed by atoms with Crippen molar-refractivity contribution in [1.29, 1.82) is 0 Å². The highest BCUT2D eigenvalue weighted by molar-refractivity contribution is 5.01. The highest BCUT2D eigenvalue weighted by atomic mass is 16.5. The van der Waals surface area contributed by atoms with Crippen LogP contribution in [-0.2, 0) is 36.8 Å². The number of hydrogen-bond acceptors (Lipinski definition) is 4. The normalized spacial score (nSPS) is 9.55. The molecule has 0 aliphatic carbocycles. The molecule has 0 saturated carbocycles. The van der Waals surface area contributed by atoms with Gasteiger partial charge in [0.05, 0.1) is 25.1 Å². The van der Waals surface area contributed by atoms with E-state index in [4.69, 9.17) is 9.47 Å². The number of rotatable bonds is 5. The first-order valence-corrected chi connectivity index (χ1v) is 7.51. The summed E-state index contributed by atoms with van der Waals surface area (Å²) >= 11 is 0. The molecule has 126 valence electrons. The van der Waals surface area contributed by atoms with Crippen LogP contribution >= 0.6 is 0 Å². The molecular weight excluding hydrogens is 280 g/mol. The van der Waals surface area contributed by atoms with Crippen molar-refractivity contribution in [2.75, 3.05) is 14.2 Å². The fraction of sp³-hybridized carbons (Fsp3) is 0.625. The van der Waals surface area contributed by atoms with Crippen LogP contribution in [0.2, 0.25) is 0 Å². The van der Waals surface area contributed by atoms with Crippen molar-refractivity contribution >= 4 is 0 Å². The third kappa shape index (κ3) is 10.1. The van der Waals surface area contributed by atoms with Crippen LogP contribution in [0.4, 0.5) is 0 Å². The molecule has 2 aromatic rings. The van der Waals surface area contributed by atoms with E-state index < -0.39 is 0 Å². The van der Waals surface area contributed by atoms with Crippen LogP contribution in [0.3, 0.4) is 0 Å². The maximum absolute atomic E-state index is 4.89. The molecule has 2 rings (SSSR count). The van der Waals surface area contributed by atoms with Gasteiger partial charge in [-0.25, -0.2) is 0 Å². The van der Waals surface area contributed by atoms with Gasteiger partial charge in [0, 0.05) is 46.3 Å². The highest BCUT2D eigenvalue weighted by Gasteiger charge is 1.92. The zero-order valence-corrected chi connectivity index (χ0v) is 14.7. The number of ether oxygens (including phenoxy) is 2. The van der Waals surface area contributed by atoms with Gasteiger partial charge >= 0.3 is 0 Å². The molecule has 0 saturated heterocycles. The van der Waals surface area contributed by atoms with Gasteiger partial charge in [-0.05, 0) is 6.07 Å². The number of unbranched alkanes of at least 4 members (excludes halogenated alkanes) is 1. The molecule has 0 bridgehead atoms. The summed E-state index contributed by atoms with van der Waals surface area (Å²) in [6.07, 6.45) is 8.27. The van der Waals surface area contributed by atoms with E-state index in [1.165, 1.54) is 12.8 Å². The van der Waals surface area contributed by atoms with Crippen LogP contribution in [0.25, 0.3) is 0 Å². The third-order valence-electron chi connectivity index (χ3n) is 2.63. The van der Waals surface area contributed by atoms with E-state index in [1.54, 1.807) is 29.8 Å². The minimum atomic E-state index is 0.598. The van der Waals surface area contributed by atoms with E-state index in [2.05, 4.69) is 24.0 Å². The minimum Gasteiger partial charge on any atom is -0.380 e. The Morgan fingerprint density at radius 2 is 1.64 bits per heavy atom. The molecule has 6 heteroatoms. The molecule has 22 heavy (non-hydrogen) atoms. The van der Waals surface area contributed by atoms with Gasteiger partial charge < -0.3 is 9.47 Å². The van der Waals surface area contributed by atoms with Crippen molar-refractivity contribution in [2.45, 2.75) is 39.9 Å². The largest absolute Gasteiger partial charge is 0.380 e. The van der Waals surface area contributed by atoms with Gasteiger partial charge in [-0.2, -0.15) is 10.2 Å². The Bertz CT molecular complexity index is 436. The molecule has 0 amide bonds. The van der Waals surface area contributed by atoms with Gasteiger partial charge in [-0.1, -0.05) is 26.7 Å². The molecule has 0 unspecified atom stereocenters. The topological polar surface area (TPSA) is 54.1 Å². The molecule has 0 atom stereocenters. The quantitative estimate of drug-likeness (QED) is 0.852. The van der Waals surface area contributed by atoms with E-state index in [0.29, 0.717) is 13.2 Å². The Labute approximate surface area is 134 Å². The fourth-order valence-corrected chi connectivity index (χ4v) is 1.40. The smallest absolute Gasteiger partial charge is 0.0902 e. The first-order valence-electron chi connectivity index (χ1n) is 7.51. The lowest BCUT2D eigenvalue weighted by molar-refractivity contribution is 0.181. The lowest BCUT2D eigenvalue weighted by Gasteiger charge is -1.89. The third-order valence-corrected chi connectivity index (χ3v) is 2.63. The zero-order valence-electron chi connectivity index (χ0n) is 14.7. The van der Waals surface area contributed by atoms with Crippen molar-refractivity contribution < 1.29 is 9.47 Å². The molecule has 0 spiro atoms. The minimum absolute atomic E-state index is 0.598. The maximum Gasteiger partial charge on any atom is 0.0902 e. The average molecular weight is 310 g/mol. The van der Waals surface area contributed by atoms with E-state index in [-0.39, 0.29) is 0 Å². The summed E-state index contributed by atoms with van der Waals surface area (Å²) in [5.41, 5.74) is 2.08. The maximum atomic E-state index is 4.89. The summed E-state index contributed by atoms with van der Waals surface area (Å²) in [6.45, 7) is 5.61. The van der Waals surface area contributed by atoms with Crippen LogP contribution < -0.4 is 0 Å². The van der Waals surface area contributed by atoms with Gasteiger partial charge in [0.1, 0.15) is 0 Å². The zero-order chi connectivity index (χ0) is 16.8. The summed E-state index contributed by atoms with van der Waals surface area (Å²) in [6, 6.07) is 1.93. The molecule has 0 aliphatic heterocycles. The van der Waals surface area contributed by atoms with Crippen LogP contribution in [0.5, 0.6) is 0 Å². The van der Waals surface area contributed by atoms with Crippen molar-refractivity contribution in [3.8, 4) is 0 Å². The van der Waals surface area contributed by atoms with Crippen LogP contribution in [0, 0.1) is 0 Å². The van der Waals surface area contributed by atoms with Gasteiger partial charge in [0.2, 0.25) is 0 Å². The van der Waals surface area contributed by atoms with E-state index in [9.17, 15) is 0 Å². The number of nitrogens with zero attached hydrogens (tertiary/aromatic N) is 4. The van der Waals surface area contributed by atoms with Gasteiger partial charge in [0.15, 0.2) is 0 Å². The van der Waals surface area contributed by atoms with Gasteiger partial charge in [-0.3, -0.25) is 9.36 Å². The molecule has 0 fully saturated rings. The van der Waals surface area contributed by atoms with Gasteiger partial charge in [0.25, 0.3) is 0 Å². The summed E-state index contributed by atoms with van der Waals surface area (Å²) in [5.74, 6) is 0. The van der Waals surface area contributed by atoms with Crippen LogP contribution in [-0.4, -0.2) is 33.8 Å². The monoisotopic (exact) mass is 310 g/mol. The summed E-state index contributed by atoms with van der Waals surface area (Å²) in [4.78, 5) is 0. The first kappa shape index (κ1) is 20.3. The van der Waals surface area contributed by atoms with Crippen LogP contribution in [0.15, 0.2) is 24.7 Å². The lowest BCUT2D eigenvalue weighted by Crippen LogP contribution is -1.91. The molecule has 0 radical (unpaired) electrons. The van der Waals surface area contributed by atoms with Crippen LogP contribution in [0.1, 0.15) is 37.9 Å². The Kier molecular flexibility index (Phi) is 12.1. The second kappa shape index (κ2) is 13.0. The molecule has 0 N–H and O–H groups in total. The second-order valence-corrected chi connectivity index (χ2v) is 4.87. The Morgan fingerprint density at radius 1 is 1.00 bits per heavy atom. The van der Waals surface area contributed by atoms with E-state index in [1.807, 2.05) is 32.6 Å². The predicted molar refractivity (Wildman–Crippen MR) is 88.4 cm³/mol. The van der Waals surface area contributed by atoms with Crippen molar-refractivity contribution in [3.05, 3.63) is 35.9 Å². The Balaban J connectivity index is 0.000000326. The van der Waals surface area contributed by atoms with E-state index in [0.717, 1.165) is 11.3 Å². The SMILES string of the molecule is CCCC.COCc1ccn(C)n1.COCc1cnn(C)c1. The molecule has 2 heterocycles. The number of hydrogen-bond donors (Lipinski definition) is 0. The lowest BCUT2D eigenvalue weighted by atomic mass is 10.4. The van der Waals surface area contributed by atoms with Crippen molar-refractivity contribution in [2.24, 2.45) is 14.1 Å². The number of aryl methyl sites for hydroxylation is 2. The highest BCUT2D eigenvalue weighted by Crippen LogP contribution is 1.96. The molecule has 6 nitrogen and oxygen atoms in total. The first-order chi connectivity index (χ1) is 10.6. The van der Waals surface area contributed by atoms with Gasteiger partial charge in [-0.15, -0.1) is 0 Å². The Hall–Kier alpha value is -1.66. The molecular formula is C16H30N4O2. The number of aromatic nitrogens is 4. The average Bonchev–Trinajstić information content (AvgIpc) is 3.10. The van der Waals surface area contributed by atoms with Crippen molar-refractivity contribution in [1.82, 2.24) is 19.6 Å². The summed E-state index contributed by atoms with van der Waals surface area (Å²) in [7, 11) is 7.11. The molecule has 0 aliphatic rings. The molecule has 2 aromatic heterocycles. The fourth-order valence-electron chi connectivity index (χ4n) is 1.40. The summed E-state index contributed by atoms with van der Waals surface area (Å²) < 4.78 is 13.3. The van der Waals surface area contributed by atoms with Crippen molar-refractivity contribution in [3.63, 3.8) is 0 Å². The van der Waals surface area contributed by atoms with E-state index >= 15 is 0 Å².